The third kappa shape index (κ3) is 3.48. The van der Waals surface area contributed by atoms with Gasteiger partial charge in [0.05, 0.1) is 6.54 Å². The normalized spacial score (nSPS) is 13.0. The third-order valence-corrected chi connectivity index (χ3v) is 4.05. The second-order valence-corrected chi connectivity index (χ2v) is 5.91. The molecule has 28 heavy (non-hydrogen) atoms. The van der Waals surface area contributed by atoms with Crippen molar-refractivity contribution in [1.82, 2.24) is 14.8 Å². The van der Waals surface area contributed by atoms with E-state index in [0.29, 0.717) is 30.3 Å². The molecule has 1 aliphatic rings. The molecule has 1 aliphatic heterocycles. The van der Waals surface area contributed by atoms with Crippen LogP contribution in [-0.4, -0.2) is 33.8 Å². The Balaban J connectivity index is 1.53. The largest absolute Gasteiger partial charge is 0.486 e. The number of hydrogen-bond donors (Lipinski definition) is 0. The number of nitrogens with zero attached hydrogens (tertiary/aromatic N) is 3. The first-order valence-electron chi connectivity index (χ1n) is 8.26. The Labute approximate surface area is 156 Å². The second kappa shape index (κ2) is 7.22. The van der Waals surface area contributed by atoms with Crippen LogP contribution in [0.5, 0.6) is 11.5 Å². The van der Waals surface area contributed by atoms with Crippen molar-refractivity contribution in [2.24, 2.45) is 0 Å². The number of ketones is 1. The molecule has 3 aromatic rings. The van der Waals surface area contributed by atoms with E-state index in [1.807, 2.05) is 0 Å². The molecule has 0 aliphatic carbocycles. The number of hydrogen-bond acceptors (Lipinski definition) is 7. The van der Waals surface area contributed by atoms with Crippen LogP contribution in [0.4, 0.5) is 8.78 Å². The molecule has 0 amide bonds. The zero-order valence-electron chi connectivity index (χ0n) is 14.3. The van der Waals surface area contributed by atoms with E-state index >= 15 is 0 Å². The number of halogens is 2. The monoisotopic (exact) mass is 389 g/mol. The minimum atomic E-state index is -2.90. The molecule has 144 valence electrons. The number of alkyl halides is 2. The fraction of sp³-hybridized carbons (Fsp3) is 0.222. The van der Waals surface area contributed by atoms with Crippen molar-refractivity contribution in [1.29, 1.82) is 0 Å². The first kappa shape index (κ1) is 17.8. The van der Waals surface area contributed by atoms with E-state index in [4.69, 9.17) is 13.9 Å². The molecule has 10 heteroatoms. The van der Waals surface area contributed by atoms with Gasteiger partial charge in [0.2, 0.25) is 5.89 Å². The van der Waals surface area contributed by atoms with E-state index < -0.39 is 17.9 Å². The Morgan fingerprint density at radius 2 is 1.89 bits per heavy atom. The summed E-state index contributed by atoms with van der Waals surface area (Å²) in [4.78, 5) is 24.8. The van der Waals surface area contributed by atoms with E-state index in [2.05, 4.69) is 10.2 Å². The van der Waals surface area contributed by atoms with Gasteiger partial charge in [0.15, 0.2) is 17.3 Å². The van der Waals surface area contributed by atoms with Crippen LogP contribution in [0.2, 0.25) is 0 Å². The Hall–Kier alpha value is -3.56. The predicted octanol–water partition coefficient (Wildman–Crippen LogP) is 2.49. The van der Waals surface area contributed by atoms with Gasteiger partial charge in [-0.2, -0.15) is 8.78 Å². The van der Waals surface area contributed by atoms with Gasteiger partial charge >= 0.3 is 6.43 Å². The van der Waals surface area contributed by atoms with Crippen LogP contribution >= 0.6 is 0 Å². The van der Waals surface area contributed by atoms with Crippen molar-refractivity contribution >= 4 is 5.78 Å². The number of benzene rings is 1. The lowest BCUT2D eigenvalue weighted by atomic mass is 10.1. The first-order chi connectivity index (χ1) is 13.5. The van der Waals surface area contributed by atoms with E-state index in [9.17, 15) is 18.4 Å². The molecule has 0 atom stereocenters. The van der Waals surface area contributed by atoms with Crippen molar-refractivity contribution in [2.45, 2.75) is 13.0 Å². The van der Waals surface area contributed by atoms with Crippen LogP contribution < -0.4 is 15.0 Å². The highest BCUT2D eigenvalue weighted by molar-refractivity contribution is 5.96. The van der Waals surface area contributed by atoms with Crippen LogP contribution in [-0.2, 0) is 6.54 Å². The summed E-state index contributed by atoms with van der Waals surface area (Å²) in [5, 5.41) is 6.71. The zero-order valence-corrected chi connectivity index (χ0v) is 14.3. The molecule has 1 aromatic carbocycles. The van der Waals surface area contributed by atoms with E-state index in [-0.39, 0.29) is 23.8 Å². The van der Waals surface area contributed by atoms with Gasteiger partial charge in [0.1, 0.15) is 13.2 Å². The van der Waals surface area contributed by atoms with E-state index in [1.165, 1.54) is 16.8 Å². The zero-order chi connectivity index (χ0) is 19.7. The highest BCUT2D eigenvalue weighted by atomic mass is 19.3. The SMILES string of the molecule is O=C(Cn1ccc(-c2nnc(C(F)F)o2)cc1=O)c1ccc2c(c1)OCCO2. The summed E-state index contributed by atoms with van der Waals surface area (Å²) in [6.07, 6.45) is -1.54. The molecule has 0 unspecified atom stereocenters. The standard InChI is InChI=1S/C18H13F2N3O5/c19-16(20)18-22-21-17(28-18)11-3-4-23(15(25)8-11)9-12(24)10-1-2-13-14(7-10)27-6-5-26-13/h1-4,7-8,16H,5-6,9H2. The molecule has 0 spiro atoms. The average molecular weight is 389 g/mol. The molecule has 0 radical (unpaired) electrons. The van der Waals surface area contributed by atoms with Crippen molar-refractivity contribution in [3.63, 3.8) is 0 Å². The fourth-order valence-corrected chi connectivity index (χ4v) is 2.67. The van der Waals surface area contributed by atoms with Gasteiger partial charge in [-0.05, 0) is 24.3 Å². The maximum absolute atomic E-state index is 12.5. The van der Waals surface area contributed by atoms with E-state index in [0.717, 1.165) is 6.07 Å². The van der Waals surface area contributed by atoms with Crippen molar-refractivity contribution < 1.29 is 27.5 Å². The maximum atomic E-state index is 12.5. The highest BCUT2D eigenvalue weighted by Gasteiger charge is 2.18. The molecule has 0 N–H and O–H groups in total. The number of aromatic nitrogens is 3. The number of Topliss-reactive ketones (excluding diaryl/α,β-unsaturated/α-hetero) is 1. The summed E-state index contributed by atoms with van der Waals surface area (Å²) < 4.78 is 41.9. The molecule has 4 rings (SSSR count). The van der Waals surface area contributed by atoms with Gasteiger partial charge in [0, 0.05) is 23.4 Å². The summed E-state index contributed by atoms with van der Waals surface area (Å²) in [5.41, 5.74) is 0.0475. The molecule has 0 bridgehead atoms. The maximum Gasteiger partial charge on any atom is 0.314 e. The minimum absolute atomic E-state index is 0.187. The van der Waals surface area contributed by atoms with E-state index in [1.54, 1.807) is 18.2 Å². The van der Waals surface area contributed by atoms with Crippen LogP contribution in [0.15, 0.2) is 45.7 Å². The minimum Gasteiger partial charge on any atom is -0.486 e. The molecular weight excluding hydrogens is 376 g/mol. The summed E-state index contributed by atoms with van der Waals surface area (Å²) >= 11 is 0. The van der Waals surface area contributed by atoms with Crippen LogP contribution in [0, 0.1) is 0 Å². The van der Waals surface area contributed by atoms with Gasteiger partial charge in [-0.15, -0.1) is 10.2 Å². The first-order valence-corrected chi connectivity index (χ1v) is 8.26. The Bertz CT molecular complexity index is 1090. The molecule has 0 saturated heterocycles. The number of pyridine rings is 1. The number of rotatable bonds is 5. The Morgan fingerprint density at radius 1 is 1.11 bits per heavy atom. The molecule has 0 fully saturated rings. The fourth-order valence-electron chi connectivity index (χ4n) is 2.67. The van der Waals surface area contributed by atoms with Crippen molar-refractivity contribution in [2.75, 3.05) is 13.2 Å². The lowest BCUT2D eigenvalue weighted by Crippen LogP contribution is -2.23. The lowest BCUT2D eigenvalue weighted by molar-refractivity contribution is 0.0969. The second-order valence-electron chi connectivity index (χ2n) is 5.91. The van der Waals surface area contributed by atoms with Gasteiger partial charge in [0.25, 0.3) is 11.4 Å². The summed E-state index contributed by atoms with van der Waals surface area (Å²) in [5.74, 6) is -0.284. The molecule has 8 nitrogen and oxygen atoms in total. The number of ether oxygens (including phenoxy) is 2. The average Bonchev–Trinajstić information content (AvgIpc) is 3.19. The van der Waals surface area contributed by atoms with Crippen molar-refractivity contribution in [3.8, 4) is 23.0 Å². The van der Waals surface area contributed by atoms with Crippen molar-refractivity contribution in [3.05, 3.63) is 58.3 Å². The molecule has 0 saturated carbocycles. The molecular formula is C18H13F2N3O5. The summed E-state index contributed by atoms with van der Waals surface area (Å²) in [6.45, 7) is 0.639. The van der Waals surface area contributed by atoms with Crippen LogP contribution in [0.3, 0.4) is 0 Å². The smallest absolute Gasteiger partial charge is 0.314 e. The topological polar surface area (TPSA) is 96.5 Å². The molecule has 2 aromatic heterocycles. The quantitative estimate of drug-likeness (QED) is 0.619. The third-order valence-electron chi connectivity index (χ3n) is 4.05. The van der Waals surface area contributed by atoms with Crippen LogP contribution in [0.25, 0.3) is 11.5 Å². The summed E-state index contributed by atoms with van der Waals surface area (Å²) in [6, 6.07) is 7.38. The Morgan fingerprint density at radius 3 is 2.61 bits per heavy atom. The number of carbonyl (C=O) groups excluding carboxylic acids is 1. The molecule has 3 heterocycles. The van der Waals surface area contributed by atoms with Gasteiger partial charge < -0.3 is 18.5 Å². The van der Waals surface area contributed by atoms with Gasteiger partial charge in [-0.3, -0.25) is 9.59 Å². The predicted molar refractivity (Wildman–Crippen MR) is 90.7 cm³/mol. The number of carbonyl (C=O) groups is 1. The van der Waals surface area contributed by atoms with Gasteiger partial charge in [-0.1, -0.05) is 0 Å². The number of fused-ring (bicyclic) bond motifs is 1. The van der Waals surface area contributed by atoms with Crippen LogP contribution in [0.1, 0.15) is 22.7 Å². The van der Waals surface area contributed by atoms with Gasteiger partial charge in [-0.25, -0.2) is 0 Å². The highest BCUT2D eigenvalue weighted by Crippen LogP contribution is 2.31. The Kier molecular flexibility index (Phi) is 4.60. The lowest BCUT2D eigenvalue weighted by Gasteiger charge is -2.18. The summed E-state index contributed by atoms with van der Waals surface area (Å²) in [7, 11) is 0.